The van der Waals surface area contributed by atoms with Gasteiger partial charge in [0.2, 0.25) is 5.91 Å². The van der Waals surface area contributed by atoms with Crippen molar-refractivity contribution in [2.24, 2.45) is 23.5 Å². The molecule has 2 aliphatic rings. The summed E-state index contributed by atoms with van der Waals surface area (Å²) >= 11 is 0. The van der Waals surface area contributed by atoms with Gasteiger partial charge in [0.1, 0.15) is 5.54 Å². The van der Waals surface area contributed by atoms with E-state index in [9.17, 15) is 14.7 Å². The first-order valence-electron chi connectivity index (χ1n) is 8.24. The zero-order valence-electron chi connectivity index (χ0n) is 12.9. The number of aliphatic carboxylic acids is 1. The minimum atomic E-state index is -1.06. The van der Waals surface area contributed by atoms with Gasteiger partial charge < -0.3 is 16.2 Å². The van der Waals surface area contributed by atoms with Crippen LogP contribution in [0.2, 0.25) is 0 Å². The van der Waals surface area contributed by atoms with E-state index in [0.717, 1.165) is 38.5 Å². The van der Waals surface area contributed by atoms with Crippen LogP contribution in [0.25, 0.3) is 0 Å². The third kappa shape index (κ3) is 3.57. The number of nitrogens with two attached hydrogens (primary N) is 1. The van der Waals surface area contributed by atoms with Crippen LogP contribution in [0.1, 0.15) is 58.3 Å². The first-order valence-corrected chi connectivity index (χ1v) is 8.24. The Morgan fingerprint density at radius 3 is 2.38 bits per heavy atom. The van der Waals surface area contributed by atoms with E-state index in [2.05, 4.69) is 12.2 Å². The molecule has 2 fully saturated rings. The van der Waals surface area contributed by atoms with Crippen molar-refractivity contribution < 1.29 is 14.7 Å². The highest BCUT2D eigenvalue weighted by Crippen LogP contribution is 2.34. The number of carboxylic acids is 1. The zero-order chi connectivity index (χ0) is 15.5. The molecule has 120 valence electrons. The monoisotopic (exact) mass is 296 g/mol. The first-order chi connectivity index (χ1) is 9.98. The summed E-state index contributed by atoms with van der Waals surface area (Å²) in [6.07, 6.45) is 6.75. The highest BCUT2D eigenvalue weighted by Gasteiger charge is 2.44. The van der Waals surface area contributed by atoms with Crippen molar-refractivity contribution in [3.05, 3.63) is 0 Å². The Bertz CT molecular complexity index is 389. The Balaban J connectivity index is 2.06. The van der Waals surface area contributed by atoms with Gasteiger partial charge in [-0.05, 0) is 56.9 Å². The Labute approximate surface area is 126 Å². The highest BCUT2D eigenvalue weighted by atomic mass is 16.4. The number of carboxylic acid groups (broad SMARTS) is 1. The molecule has 4 N–H and O–H groups in total. The number of rotatable bonds is 4. The first kappa shape index (κ1) is 16.3. The highest BCUT2D eigenvalue weighted by molar-refractivity contribution is 5.88. The summed E-state index contributed by atoms with van der Waals surface area (Å²) in [5, 5.41) is 12.5. The van der Waals surface area contributed by atoms with Gasteiger partial charge in [-0.25, -0.2) is 4.79 Å². The molecule has 2 rings (SSSR count). The summed E-state index contributed by atoms with van der Waals surface area (Å²) in [5.74, 6) is -0.350. The Kier molecular flexibility index (Phi) is 5.25. The van der Waals surface area contributed by atoms with E-state index in [0.29, 0.717) is 25.3 Å². The minimum Gasteiger partial charge on any atom is -0.480 e. The predicted molar refractivity (Wildman–Crippen MR) is 80.6 cm³/mol. The lowest BCUT2D eigenvalue weighted by Gasteiger charge is -2.39. The molecule has 0 radical (unpaired) electrons. The molecule has 2 saturated carbocycles. The molecule has 0 spiro atoms. The van der Waals surface area contributed by atoms with Crippen LogP contribution >= 0.6 is 0 Å². The molecule has 0 aromatic heterocycles. The van der Waals surface area contributed by atoms with Gasteiger partial charge in [-0.1, -0.05) is 19.8 Å². The number of hydrogen-bond acceptors (Lipinski definition) is 3. The summed E-state index contributed by atoms with van der Waals surface area (Å²) < 4.78 is 0. The summed E-state index contributed by atoms with van der Waals surface area (Å²) in [6.45, 7) is 2.65. The van der Waals surface area contributed by atoms with E-state index in [1.165, 1.54) is 0 Å². The molecular formula is C16H28N2O3. The van der Waals surface area contributed by atoms with Gasteiger partial charge in [-0.3, -0.25) is 4.79 Å². The molecule has 1 amide bonds. The lowest BCUT2D eigenvalue weighted by Crippen LogP contribution is -2.58. The average molecular weight is 296 g/mol. The Morgan fingerprint density at radius 1 is 1.19 bits per heavy atom. The van der Waals surface area contributed by atoms with Gasteiger partial charge in [0.15, 0.2) is 0 Å². The van der Waals surface area contributed by atoms with E-state index in [4.69, 9.17) is 5.73 Å². The smallest absolute Gasteiger partial charge is 0.329 e. The Hall–Kier alpha value is -1.10. The molecule has 0 aliphatic heterocycles. The molecule has 5 nitrogen and oxygen atoms in total. The third-order valence-corrected chi connectivity index (χ3v) is 5.45. The topological polar surface area (TPSA) is 92.4 Å². The largest absolute Gasteiger partial charge is 0.480 e. The molecular weight excluding hydrogens is 268 g/mol. The van der Waals surface area contributed by atoms with Crippen LogP contribution in [0.4, 0.5) is 0 Å². The van der Waals surface area contributed by atoms with Crippen LogP contribution in [-0.2, 0) is 9.59 Å². The van der Waals surface area contributed by atoms with E-state index < -0.39 is 11.5 Å². The molecule has 2 unspecified atom stereocenters. The van der Waals surface area contributed by atoms with E-state index in [1.807, 2.05) is 0 Å². The maximum absolute atomic E-state index is 12.6. The second-order valence-corrected chi connectivity index (χ2v) is 6.95. The summed E-state index contributed by atoms with van der Waals surface area (Å²) in [4.78, 5) is 24.3. The summed E-state index contributed by atoms with van der Waals surface area (Å²) in [6, 6.07) is 0. The fourth-order valence-electron chi connectivity index (χ4n) is 3.81. The molecule has 2 atom stereocenters. The van der Waals surface area contributed by atoms with Gasteiger partial charge in [0.05, 0.1) is 0 Å². The second-order valence-electron chi connectivity index (χ2n) is 6.95. The summed E-state index contributed by atoms with van der Waals surface area (Å²) in [7, 11) is 0. The molecule has 0 aromatic rings. The van der Waals surface area contributed by atoms with Crippen molar-refractivity contribution >= 4 is 11.9 Å². The normalized spacial score (nSPS) is 37.0. The molecule has 0 heterocycles. The number of carbonyl (C=O) groups excluding carboxylic acids is 1. The van der Waals surface area contributed by atoms with Crippen molar-refractivity contribution in [1.82, 2.24) is 5.32 Å². The van der Waals surface area contributed by atoms with Crippen LogP contribution < -0.4 is 11.1 Å². The number of hydrogen-bond donors (Lipinski definition) is 3. The SMILES string of the molecule is CC1CCC(NC(=O)C2CCCCC2CN)(C(=O)O)CC1. The van der Waals surface area contributed by atoms with Crippen LogP contribution in [0.15, 0.2) is 0 Å². The van der Waals surface area contributed by atoms with E-state index >= 15 is 0 Å². The molecule has 21 heavy (non-hydrogen) atoms. The Morgan fingerprint density at radius 2 is 1.81 bits per heavy atom. The van der Waals surface area contributed by atoms with Gasteiger partial charge in [0.25, 0.3) is 0 Å². The minimum absolute atomic E-state index is 0.0953. The molecule has 5 heteroatoms. The van der Waals surface area contributed by atoms with Gasteiger partial charge in [0, 0.05) is 5.92 Å². The second kappa shape index (κ2) is 6.77. The van der Waals surface area contributed by atoms with Crippen molar-refractivity contribution in [2.75, 3.05) is 6.54 Å². The maximum atomic E-state index is 12.6. The summed E-state index contributed by atoms with van der Waals surface area (Å²) in [5.41, 5.74) is 4.72. The van der Waals surface area contributed by atoms with E-state index in [-0.39, 0.29) is 17.7 Å². The van der Waals surface area contributed by atoms with Gasteiger partial charge in [-0.15, -0.1) is 0 Å². The lowest BCUT2D eigenvalue weighted by molar-refractivity contribution is -0.151. The molecule has 0 aromatic carbocycles. The van der Waals surface area contributed by atoms with Crippen LogP contribution in [0.3, 0.4) is 0 Å². The van der Waals surface area contributed by atoms with Gasteiger partial charge >= 0.3 is 5.97 Å². The van der Waals surface area contributed by atoms with Crippen molar-refractivity contribution in [1.29, 1.82) is 0 Å². The zero-order valence-corrected chi connectivity index (χ0v) is 12.9. The quantitative estimate of drug-likeness (QED) is 0.738. The fourth-order valence-corrected chi connectivity index (χ4v) is 3.81. The van der Waals surface area contributed by atoms with Crippen molar-refractivity contribution in [3.8, 4) is 0 Å². The molecule has 0 saturated heterocycles. The van der Waals surface area contributed by atoms with Crippen molar-refractivity contribution in [2.45, 2.75) is 63.8 Å². The number of nitrogens with one attached hydrogen (secondary N) is 1. The third-order valence-electron chi connectivity index (χ3n) is 5.45. The van der Waals surface area contributed by atoms with Crippen LogP contribution in [0.5, 0.6) is 0 Å². The lowest BCUT2D eigenvalue weighted by atomic mass is 9.75. The molecule has 2 aliphatic carbocycles. The van der Waals surface area contributed by atoms with Crippen molar-refractivity contribution in [3.63, 3.8) is 0 Å². The van der Waals surface area contributed by atoms with Crippen LogP contribution in [0, 0.1) is 17.8 Å². The predicted octanol–water partition coefficient (Wildman–Crippen LogP) is 1.90. The molecule has 0 bridgehead atoms. The number of amides is 1. The van der Waals surface area contributed by atoms with Crippen LogP contribution in [-0.4, -0.2) is 29.1 Å². The fraction of sp³-hybridized carbons (Fsp3) is 0.875. The number of carbonyl (C=O) groups is 2. The average Bonchev–Trinajstić information content (AvgIpc) is 2.49. The standard InChI is InChI=1S/C16H28N2O3/c1-11-6-8-16(9-7-11,15(20)21)18-14(19)13-5-3-2-4-12(13)10-17/h11-13H,2-10,17H2,1H3,(H,18,19)(H,20,21). The van der Waals surface area contributed by atoms with E-state index in [1.54, 1.807) is 0 Å². The maximum Gasteiger partial charge on any atom is 0.329 e. The van der Waals surface area contributed by atoms with Gasteiger partial charge in [-0.2, -0.15) is 0 Å².